The van der Waals surface area contributed by atoms with Crippen LogP contribution in [0.4, 0.5) is 0 Å². The van der Waals surface area contributed by atoms with Crippen molar-refractivity contribution < 1.29 is 4.79 Å². The Kier molecular flexibility index (Phi) is 4.52. The summed E-state index contributed by atoms with van der Waals surface area (Å²) in [6, 6.07) is 15.9. The molecule has 1 aliphatic rings. The third-order valence-electron chi connectivity index (χ3n) is 4.95. The van der Waals surface area contributed by atoms with Gasteiger partial charge in [-0.05, 0) is 31.9 Å². The lowest BCUT2D eigenvalue weighted by atomic mass is 10.0. The average Bonchev–Trinajstić information content (AvgIpc) is 3.10. The van der Waals surface area contributed by atoms with Gasteiger partial charge in [0.25, 0.3) is 5.91 Å². The van der Waals surface area contributed by atoms with Crippen LogP contribution in [0, 0.1) is 6.92 Å². The number of aryl methyl sites for hydroxylation is 1. The van der Waals surface area contributed by atoms with Crippen LogP contribution in [-0.4, -0.2) is 38.4 Å². The van der Waals surface area contributed by atoms with Crippen molar-refractivity contribution >= 4 is 5.91 Å². The summed E-state index contributed by atoms with van der Waals surface area (Å²) in [5, 5.41) is 0. The normalized spacial score (nSPS) is 17.3. The molecule has 1 aromatic carbocycles. The summed E-state index contributed by atoms with van der Waals surface area (Å²) in [5.74, 6) is 0.981. The van der Waals surface area contributed by atoms with Crippen LogP contribution in [0.2, 0.25) is 0 Å². The number of amides is 1. The molecule has 1 amide bonds. The first-order chi connectivity index (χ1) is 12.7. The van der Waals surface area contributed by atoms with Crippen molar-refractivity contribution in [3.63, 3.8) is 0 Å². The quantitative estimate of drug-likeness (QED) is 0.726. The second-order valence-electron chi connectivity index (χ2n) is 6.72. The zero-order valence-electron chi connectivity index (χ0n) is 14.9. The molecule has 0 aliphatic carbocycles. The fraction of sp³-hybridized carbons (Fsp3) is 0.286. The van der Waals surface area contributed by atoms with E-state index in [1.54, 1.807) is 12.3 Å². The molecule has 0 bridgehead atoms. The van der Waals surface area contributed by atoms with Crippen molar-refractivity contribution in [2.45, 2.75) is 25.8 Å². The third kappa shape index (κ3) is 3.12. The van der Waals surface area contributed by atoms with Crippen molar-refractivity contribution in [1.29, 1.82) is 0 Å². The first-order valence-corrected chi connectivity index (χ1v) is 9.03. The van der Waals surface area contributed by atoms with E-state index in [0.717, 1.165) is 36.5 Å². The summed E-state index contributed by atoms with van der Waals surface area (Å²) in [4.78, 5) is 23.6. The Hall–Kier alpha value is -2.95. The lowest BCUT2D eigenvalue weighted by Gasteiger charge is -2.34. The van der Waals surface area contributed by atoms with Gasteiger partial charge in [-0.25, -0.2) is 4.98 Å². The van der Waals surface area contributed by atoms with Crippen molar-refractivity contribution in [2.75, 3.05) is 13.1 Å². The maximum atomic E-state index is 12.8. The van der Waals surface area contributed by atoms with Crippen LogP contribution in [0.1, 0.15) is 35.1 Å². The van der Waals surface area contributed by atoms with E-state index >= 15 is 0 Å². The highest BCUT2D eigenvalue weighted by molar-refractivity contribution is 5.92. The van der Waals surface area contributed by atoms with E-state index in [4.69, 9.17) is 0 Å². The summed E-state index contributed by atoms with van der Waals surface area (Å²) in [6.45, 7) is 3.55. The second kappa shape index (κ2) is 7.12. The summed E-state index contributed by atoms with van der Waals surface area (Å²) in [7, 11) is 0. The van der Waals surface area contributed by atoms with Gasteiger partial charge in [-0.15, -0.1) is 0 Å². The summed E-state index contributed by atoms with van der Waals surface area (Å²) in [5.41, 5.74) is 2.74. The van der Waals surface area contributed by atoms with Gasteiger partial charge in [-0.2, -0.15) is 0 Å². The molecule has 3 aromatic rings. The van der Waals surface area contributed by atoms with Gasteiger partial charge in [-0.3, -0.25) is 9.78 Å². The van der Waals surface area contributed by atoms with Crippen molar-refractivity contribution in [3.05, 3.63) is 72.3 Å². The van der Waals surface area contributed by atoms with E-state index in [0.29, 0.717) is 12.2 Å². The number of imidazole rings is 1. The summed E-state index contributed by atoms with van der Waals surface area (Å²) >= 11 is 0. The smallest absolute Gasteiger partial charge is 0.272 e. The van der Waals surface area contributed by atoms with E-state index in [9.17, 15) is 4.79 Å². The molecule has 3 heterocycles. The minimum Gasteiger partial charge on any atom is -0.335 e. The van der Waals surface area contributed by atoms with Gasteiger partial charge >= 0.3 is 0 Å². The van der Waals surface area contributed by atoms with Crippen LogP contribution in [0.15, 0.2) is 60.9 Å². The van der Waals surface area contributed by atoms with Gasteiger partial charge in [-0.1, -0.05) is 36.4 Å². The minimum atomic E-state index is 0.00864. The largest absolute Gasteiger partial charge is 0.335 e. The Bertz CT molecular complexity index is 889. The first kappa shape index (κ1) is 16.5. The van der Waals surface area contributed by atoms with Crippen molar-refractivity contribution in [2.24, 2.45) is 0 Å². The molecule has 26 heavy (non-hydrogen) atoms. The van der Waals surface area contributed by atoms with Crippen LogP contribution in [0.25, 0.3) is 11.4 Å². The number of carbonyl (C=O) groups is 1. The molecule has 0 spiro atoms. The molecule has 5 heteroatoms. The zero-order chi connectivity index (χ0) is 17.9. The molecule has 0 saturated carbocycles. The van der Waals surface area contributed by atoms with E-state index < -0.39 is 0 Å². The molecular formula is C21H22N4O. The number of carbonyl (C=O) groups excluding carboxylic acids is 1. The molecule has 0 N–H and O–H groups in total. The molecule has 1 unspecified atom stereocenters. The minimum absolute atomic E-state index is 0.00864. The maximum absolute atomic E-state index is 12.8. The van der Waals surface area contributed by atoms with Crippen molar-refractivity contribution in [1.82, 2.24) is 19.4 Å². The average molecular weight is 346 g/mol. The fourth-order valence-corrected chi connectivity index (χ4v) is 3.71. The Balaban J connectivity index is 1.61. The molecule has 4 rings (SSSR count). The van der Waals surface area contributed by atoms with Crippen LogP contribution in [-0.2, 0) is 0 Å². The second-order valence-corrected chi connectivity index (χ2v) is 6.72. The lowest BCUT2D eigenvalue weighted by molar-refractivity contribution is 0.0673. The van der Waals surface area contributed by atoms with E-state index in [2.05, 4.69) is 33.6 Å². The Morgan fingerprint density at radius 2 is 1.88 bits per heavy atom. The summed E-state index contributed by atoms with van der Waals surface area (Å²) in [6.07, 6.45) is 5.61. The number of hydrogen-bond acceptors (Lipinski definition) is 3. The highest BCUT2D eigenvalue weighted by Crippen LogP contribution is 2.29. The monoisotopic (exact) mass is 346 g/mol. The molecule has 132 valence electrons. The Labute approximate surface area is 153 Å². The highest BCUT2D eigenvalue weighted by Gasteiger charge is 2.28. The molecule has 1 fully saturated rings. The number of aromatic nitrogens is 3. The molecule has 1 atom stereocenters. The standard InChI is InChI=1S/C21H22N4O/c1-16-14-23-20(17-8-3-2-4-9-17)25(16)18-10-7-13-24(15-18)21(26)19-11-5-6-12-22-19/h2-6,8-9,11-12,14,18H,7,10,13,15H2,1H3. The van der Waals surface area contributed by atoms with E-state index in [-0.39, 0.29) is 11.9 Å². The van der Waals surface area contributed by atoms with Gasteiger partial charge in [0.15, 0.2) is 0 Å². The number of hydrogen-bond donors (Lipinski definition) is 0. The van der Waals surface area contributed by atoms with Crippen molar-refractivity contribution in [3.8, 4) is 11.4 Å². The highest BCUT2D eigenvalue weighted by atomic mass is 16.2. The van der Waals surface area contributed by atoms with Crippen LogP contribution in [0.3, 0.4) is 0 Å². The Morgan fingerprint density at radius 3 is 2.65 bits per heavy atom. The zero-order valence-corrected chi connectivity index (χ0v) is 14.9. The molecule has 1 aliphatic heterocycles. The summed E-state index contributed by atoms with van der Waals surface area (Å²) < 4.78 is 2.28. The predicted molar refractivity (Wildman–Crippen MR) is 101 cm³/mol. The van der Waals surface area contributed by atoms with E-state index in [1.807, 2.05) is 41.4 Å². The van der Waals surface area contributed by atoms with Gasteiger partial charge in [0.1, 0.15) is 11.5 Å². The van der Waals surface area contributed by atoms with Gasteiger partial charge in [0, 0.05) is 36.7 Å². The lowest BCUT2D eigenvalue weighted by Crippen LogP contribution is -2.41. The molecule has 0 radical (unpaired) electrons. The van der Waals surface area contributed by atoms with Crippen LogP contribution < -0.4 is 0 Å². The topological polar surface area (TPSA) is 51.0 Å². The maximum Gasteiger partial charge on any atom is 0.272 e. The van der Waals surface area contributed by atoms with Gasteiger partial charge < -0.3 is 9.47 Å². The molecular weight excluding hydrogens is 324 g/mol. The number of likely N-dealkylation sites (tertiary alicyclic amines) is 1. The van der Waals surface area contributed by atoms with Crippen LogP contribution >= 0.6 is 0 Å². The van der Waals surface area contributed by atoms with Gasteiger partial charge in [0.2, 0.25) is 0 Å². The van der Waals surface area contributed by atoms with Crippen LogP contribution in [0.5, 0.6) is 0 Å². The Morgan fingerprint density at radius 1 is 1.08 bits per heavy atom. The number of rotatable bonds is 3. The molecule has 2 aromatic heterocycles. The SMILES string of the molecule is Cc1cnc(-c2ccccc2)n1C1CCCN(C(=O)c2ccccn2)C1. The number of pyridine rings is 1. The predicted octanol–water partition coefficient (Wildman–Crippen LogP) is 3.73. The number of benzene rings is 1. The number of nitrogens with zero attached hydrogens (tertiary/aromatic N) is 4. The first-order valence-electron chi connectivity index (χ1n) is 9.03. The third-order valence-corrected chi connectivity index (χ3v) is 4.95. The fourth-order valence-electron chi connectivity index (χ4n) is 3.71. The van der Waals surface area contributed by atoms with Gasteiger partial charge in [0.05, 0.1) is 6.04 Å². The molecule has 1 saturated heterocycles. The number of piperidine rings is 1. The van der Waals surface area contributed by atoms with E-state index in [1.165, 1.54) is 0 Å². The molecule has 5 nitrogen and oxygen atoms in total.